The van der Waals surface area contributed by atoms with Gasteiger partial charge in [0.1, 0.15) is 12.4 Å². The molecular formula is C23H22O2. The van der Waals surface area contributed by atoms with Gasteiger partial charge in [0.25, 0.3) is 0 Å². The van der Waals surface area contributed by atoms with Gasteiger partial charge in [0.05, 0.1) is 6.10 Å². The average Bonchev–Trinajstić information content (AvgIpc) is 2.99. The van der Waals surface area contributed by atoms with Crippen molar-refractivity contribution in [3.05, 3.63) is 77.4 Å². The zero-order valence-corrected chi connectivity index (χ0v) is 14.6. The molecule has 0 radical (unpaired) electrons. The highest BCUT2D eigenvalue weighted by Gasteiger charge is 2.21. The molecule has 0 heterocycles. The molecule has 1 aliphatic carbocycles. The van der Waals surface area contributed by atoms with Crippen LogP contribution in [0.4, 0.5) is 0 Å². The van der Waals surface area contributed by atoms with Crippen LogP contribution in [0.15, 0.2) is 60.7 Å². The largest absolute Gasteiger partial charge is 0.491 e. The van der Waals surface area contributed by atoms with Gasteiger partial charge < -0.3 is 9.84 Å². The summed E-state index contributed by atoms with van der Waals surface area (Å²) in [5.41, 5.74) is 9.10. The highest BCUT2D eigenvalue weighted by Crippen LogP contribution is 2.41. The maximum Gasteiger partial charge on any atom is 0.122 e. The summed E-state index contributed by atoms with van der Waals surface area (Å²) < 4.78 is 5.68. The summed E-state index contributed by atoms with van der Waals surface area (Å²) in [5.74, 6) is 0.834. The molecule has 0 fully saturated rings. The molecule has 4 rings (SSSR count). The summed E-state index contributed by atoms with van der Waals surface area (Å²) in [5, 5.41) is 9.40. The molecule has 0 bridgehead atoms. The van der Waals surface area contributed by atoms with Crippen molar-refractivity contribution in [2.75, 3.05) is 6.61 Å². The first-order chi connectivity index (χ1) is 12.1. The molecule has 0 aliphatic heterocycles. The predicted molar refractivity (Wildman–Crippen MR) is 102 cm³/mol. The summed E-state index contributed by atoms with van der Waals surface area (Å²) in [7, 11) is 0. The number of aliphatic hydroxyl groups excluding tert-OH is 1. The van der Waals surface area contributed by atoms with Crippen LogP contribution < -0.4 is 4.74 Å². The Hall–Kier alpha value is -2.58. The Morgan fingerprint density at radius 1 is 0.960 bits per heavy atom. The monoisotopic (exact) mass is 330 g/mol. The van der Waals surface area contributed by atoms with E-state index in [9.17, 15) is 5.11 Å². The molecule has 1 atom stereocenters. The third-order valence-corrected chi connectivity index (χ3v) is 4.82. The van der Waals surface area contributed by atoms with E-state index in [4.69, 9.17) is 4.74 Å². The SMILES string of the molecule is Cc1cc(-c2cccc3c2Cc2ccccc2-3)ccc1OCC(C)O. The lowest BCUT2D eigenvalue weighted by molar-refractivity contribution is 0.122. The Kier molecular flexibility index (Phi) is 4.06. The summed E-state index contributed by atoms with van der Waals surface area (Å²) in [6.45, 7) is 4.10. The highest BCUT2D eigenvalue weighted by atomic mass is 16.5. The lowest BCUT2D eigenvalue weighted by Crippen LogP contribution is -2.13. The first kappa shape index (κ1) is 15.9. The van der Waals surface area contributed by atoms with Crippen molar-refractivity contribution >= 4 is 0 Å². The molecule has 1 unspecified atom stereocenters. The lowest BCUT2D eigenvalue weighted by atomic mass is 9.94. The molecule has 2 nitrogen and oxygen atoms in total. The maximum atomic E-state index is 9.40. The van der Waals surface area contributed by atoms with Gasteiger partial charge >= 0.3 is 0 Å². The molecule has 3 aromatic carbocycles. The van der Waals surface area contributed by atoms with Crippen molar-refractivity contribution in [1.29, 1.82) is 0 Å². The minimum atomic E-state index is -0.463. The van der Waals surface area contributed by atoms with E-state index in [1.165, 1.54) is 33.4 Å². The molecule has 0 saturated carbocycles. The van der Waals surface area contributed by atoms with Gasteiger partial charge in [-0.1, -0.05) is 48.5 Å². The van der Waals surface area contributed by atoms with E-state index in [0.717, 1.165) is 17.7 Å². The highest BCUT2D eigenvalue weighted by molar-refractivity contribution is 5.85. The van der Waals surface area contributed by atoms with Crippen LogP contribution >= 0.6 is 0 Å². The Morgan fingerprint density at radius 3 is 2.52 bits per heavy atom. The molecule has 126 valence electrons. The summed E-state index contributed by atoms with van der Waals surface area (Å²) >= 11 is 0. The fourth-order valence-corrected chi connectivity index (χ4v) is 3.62. The Labute approximate surface area is 148 Å². The average molecular weight is 330 g/mol. The van der Waals surface area contributed by atoms with Crippen molar-refractivity contribution in [3.8, 4) is 28.0 Å². The lowest BCUT2D eigenvalue weighted by Gasteiger charge is -2.14. The number of hydrogen-bond acceptors (Lipinski definition) is 2. The molecule has 1 N–H and O–H groups in total. The second kappa shape index (κ2) is 6.38. The van der Waals surface area contributed by atoms with Gasteiger partial charge in [-0.3, -0.25) is 0 Å². The van der Waals surface area contributed by atoms with Gasteiger partial charge in [0, 0.05) is 0 Å². The van der Waals surface area contributed by atoms with Gasteiger partial charge in [0.15, 0.2) is 0 Å². The normalized spacial score (nSPS) is 13.2. The van der Waals surface area contributed by atoms with E-state index in [1.54, 1.807) is 6.92 Å². The molecule has 0 spiro atoms. The molecule has 25 heavy (non-hydrogen) atoms. The second-order valence-electron chi connectivity index (χ2n) is 6.81. The van der Waals surface area contributed by atoms with Crippen LogP contribution in [0.1, 0.15) is 23.6 Å². The molecule has 0 amide bonds. The first-order valence-corrected chi connectivity index (χ1v) is 8.75. The van der Waals surface area contributed by atoms with Crippen molar-refractivity contribution in [3.63, 3.8) is 0 Å². The van der Waals surface area contributed by atoms with Crippen LogP contribution in [0.5, 0.6) is 5.75 Å². The molecular weight excluding hydrogens is 308 g/mol. The van der Waals surface area contributed by atoms with Crippen LogP contribution in [0.25, 0.3) is 22.3 Å². The number of aliphatic hydroxyl groups is 1. The molecule has 2 heteroatoms. The number of ether oxygens (including phenoxy) is 1. The van der Waals surface area contributed by atoms with Crippen molar-refractivity contribution < 1.29 is 9.84 Å². The topological polar surface area (TPSA) is 29.5 Å². The zero-order valence-electron chi connectivity index (χ0n) is 14.6. The van der Waals surface area contributed by atoms with Gasteiger partial charge in [-0.15, -0.1) is 0 Å². The second-order valence-corrected chi connectivity index (χ2v) is 6.81. The number of benzene rings is 3. The van der Waals surface area contributed by atoms with Crippen molar-refractivity contribution in [2.24, 2.45) is 0 Å². The Morgan fingerprint density at radius 2 is 1.72 bits per heavy atom. The standard InChI is InChI=1S/C23H22O2/c1-15-12-18(10-11-23(15)25-14-16(2)24)20-8-5-9-21-19-7-4-3-6-17(19)13-22(20)21/h3-12,16,24H,13-14H2,1-2H3. The summed E-state index contributed by atoms with van der Waals surface area (Å²) in [4.78, 5) is 0. The fourth-order valence-electron chi connectivity index (χ4n) is 3.62. The first-order valence-electron chi connectivity index (χ1n) is 8.75. The van der Waals surface area contributed by atoms with Crippen LogP contribution in [-0.2, 0) is 6.42 Å². The molecule has 0 aromatic heterocycles. The third-order valence-electron chi connectivity index (χ3n) is 4.82. The minimum absolute atomic E-state index is 0.316. The van der Waals surface area contributed by atoms with Crippen LogP contribution in [-0.4, -0.2) is 17.8 Å². The summed E-state index contributed by atoms with van der Waals surface area (Å²) in [6, 6.07) is 21.5. The molecule has 3 aromatic rings. The van der Waals surface area contributed by atoms with E-state index in [0.29, 0.717) is 6.61 Å². The van der Waals surface area contributed by atoms with Crippen LogP contribution in [0, 0.1) is 6.92 Å². The minimum Gasteiger partial charge on any atom is -0.491 e. The Bertz CT molecular complexity index is 925. The quantitative estimate of drug-likeness (QED) is 0.571. The van der Waals surface area contributed by atoms with E-state index < -0.39 is 6.10 Å². The molecule has 0 saturated heterocycles. The van der Waals surface area contributed by atoms with Crippen LogP contribution in [0.3, 0.4) is 0 Å². The molecule has 1 aliphatic rings. The number of hydrogen-bond donors (Lipinski definition) is 1. The smallest absolute Gasteiger partial charge is 0.122 e. The maximum absolute atomic E-state index is 9.40. The summed E-state index contributed by atoms with van der Waals surface area (Å²) in [6.07, 6.45) is 0.524. The predicted octanol–water partition coefficient (Wildman–Crippen LogP) is 4.99. The van der Waals surface area contributed by atoms with Crippen LogP contribution in [0.2, 0.25) is 0 Å². The van der Waals surface area contributed by atoms with E-state index in [1.807, 2.05) is 6.07 Å². The van der Waals surface area contributed by atoms with Gasteiger partial charge in [-0.05, 0) is 71.3 Å². The van der Waals surface area contributed by atoms with E-state index in [-0.39, 0.29) is 0 Å². The number of fused-ring (bicyclic) bond motifs is 3. The van der Waals surface area contributed by atoms with Gasteiger partial charge in [-0.2, -0.15) is 0 Å². The number of aryl methyl sites for hydroxylation is 1. The Balaban J connectivity index is 1.71. The van der Waals surface area contributed by atoms with Crippen molar-refractivity contribution in [2.45, 2.75) is 26.4 Å². The van der Waals surface area contributed by atoms with Gasteiger partial charge in [-0.25, -0.2) is 0 Å². The van der Waals surface area contributed by atoms with Gasteiger partial charge in [0.2, 0.25) is 0 Å². The van der Waals surface area contributed by atoms with E-state index >= 15 is 0 Å². The van der Waals surface area contributed by atoms with Crippen molar-refractivity contribution in [1.82, 2.24) is 0 Å². The third kappa shape index (κ3) is 2.94. The zero-order chi connectivity index (χ0) is 17.4. The van der Waals surface area contributed by atoms with E-state index in [2.05, 4.69) is 61.5 Å². The fraction of sp³-hybridized carbons (Fsp3) is 0.217. The number of rotatable bonds is 4.